The molecule has 0 aliphatic carbocycles. The van der Waals surface area contributed by atoms with Crippen LogP contribution in [0.2, 0.25) is 0 Å². The number of carbonyl (C=O) groups is 1. The zero-order valence-corrected chi connectivity index (χ0v) is 11.0. The topological polar surface area (TPSA) is 62.1 Å². The van der Waals surface area contributed by atoms with E-state index in [0.717, 1.165) is 12.0 Å². The van der Waals surface area contributed by atoms with Crippen molar-refractivity contribution >= 4 is 5.91 Å². The molecule has 0 aromatic heterocycles. The van der Waals surface area contributed by atoms with Gasteiger partial charge >= 0.3 is 0 Å². The standard InChI is InChI=1S/C14H18N2O2/c1-4-11(7-8-15)16-14(17)12-9-10(2)5-6-13(12)18-3/h5-6,9,11H,4,7H2,1-3H3,(H,16,17). The molecule has 18 heavy (non-hydrogen) atoms. The highest BCUT2D eigenvalue weighted by Crippen LogP contribution is 2.19. The van der Waals surface area contributed by atoms with Crippen LogP contribution in [0, 0.1) is 18.3 Å². The molecular formula is C14H18N2O2. The second-order valence-corrected chi connectivity index (χ2v) is 4.14. The van der Waals surface area contributed by atoms with Gasteiger partial charge in [0.1, 0.15) is 5.75 Å². The van der Waals surface area contributed by atoms with Crippen LogP contribution in [0.15, 0.2) is 18.2 Å². The summed E-state index contributed by atoms with van der Waals surface area (Å²) in [6, 6.07) is 7.40. The maximum absolute atomic E-state index is 12.1. The smallest absolute Gasteiger partial charge is 0.255 e. The molecule has 1 aromatic carbocycles. The molecule has 0 saturated heterocycles. The summed E-state index contributed by atoms with van der Waals surface area (Å²) in [5.41, 5.74) is 1.50. The van der Waals surface area contributed by atoms with Gasteiger partial charge in [0.05, 0.1) is 25.2 Å². The summed E-state index contributed by atoms with van der Waals surface area (Å²) in [4.78, 5) is 12.1. The minimum Gasteiger partial charge on any atom is -0.496 e. The van der Waals surface area contributed by atoms with E-state index >= 15 is 0 Å². The first-order chi connectivity index (χ1) is 8.62. The van der Waals surface area contributed by atoms with Gasteiger partial charge in [-0.25, -0.2) is 0 Å². The van der Waals surface area contributed by atoms with E-state index in [0.29, 0.717) is 17.7 Å². The number of carbonyl (C=O) groups excluding carboxylic acids is 1. The summed E-state index contributed by atoms with van der Waals surface area (Å²) < 4.78 is 5.17. The molecule has 4 nitrogen and oxygen atoms in total. The van der Waals surface area contributed by atoms with Crippen molar-refractivity contribution in [3.63, 3.8) is 0 Å². The number of nitriles is 1. The quantitative estimate of drug-likeness (QED) is 0.867. The number of amides is 1. The Balaban J connectivity index is 2.89. The summed E-state index contributed by atoms with van der Waals surface area (Å²) in [5, 5.41) is 11.5. The van der Waals surface area contributed by atoms with E-state index in [4.69, 9.17) is 10.00 Å². The van der Waals surface area contributed by atoms with Gasteiger partial charge in [-0.2, -0.15) is 5.26 Å². The zero-order chi connectivity index (χ0) is 13.5. The number of ether oxygens (including phenoxy) is 1. The molecule has 0 fully saturated rings. The highest BCUT2D eigenvalue weighted by molar-refractivity contribution is 5.97. The van der Waals surface area contributed by atoms with Crippen molar-refractivity contribution in [2.75, 3.05) is 7.11 Å². The second-order valence-electron chi connectivity index (χ2n) is 4.14. The van der Waals surface area contributed by atoms with Crippen LogP contribution in [-0.2, 0) is 0 Å². The Kier molecular flexibility index (Phi) is 5.19. The van der Waals surface area contributed by atoms with Crippen LogP contribution < -0.4 is 10.1 Å². The van der Waals surface area contributed by atoms with Gasteiger partial charge in [0.15, 0.2) is 0 Å². The lowest BCUT2D eigenvalue weighted by Gasteiger charge is -2.15. The fourth-order valence-corrected chi connectivity index (χ4v) is 1.67. The van der Waals surface area contributed by atoms with Gasteiger partial charge in [-0.05, 0) is 25.5 Å². The summed E-state index contributed by atoms with van der Waals surface area (Å²) in [7, 11) is 1.54. The van der Waals surface area contributed by atoms with Crippen LogP contribution in [0.5, 0.6) is 5.75 Å². The first kappa shape index (κ1) is 14.0. The lowest BCUT2D eigenvalue weighted by atomic mass is 10.1. The molecule has 1 aromatic rings. The van der Waals surface area contributed by atoms with Gasteiger partial charge in [-0.15, -0.1) is 0 Å². The van der Waals surface area contributed by atoms with E-state index in [1.165, 1.54) is 7.11 Å². The lowest BCUT2D eigenvalue weighted by molar-refractivity contribution is 0.0933. The SMILES string of the molecule is CCC(CC#N)NC(=O)c1cc(C)ccc1OC. The predicted octanol–water partition coefficient (Wildman–Crippen LogP) is 2.43. The number of nitrogens with zero attached hydrogens (tertiary/aromatic N) is 1. The lowest BCUT2D eigenvalue weighted by Crippen LogP contribution is -2.34. The molecule has 4 heteroatoms. The number of methoxy groups -OCH3 is 1. The van der Waals surface area contributed by atoms with Crippen molar-refractivity contribution in [2.45, 2.75) is 32.7 Å². The van der Waals surface area contributed by atoms with E-state index in [2.05, 4.69) is 11.4 Å². The Morgan fingerprint density at radius 1 is 1.56 bits per heavy atom. The molecule has 0 bridgehead atoms. The van der Waals surface area contributed by atoms with Crippen LogP contribution in [0.1, 0.15) is 35.7 Å². The third-order valence-corrected chi connectivity index (χ3v) is 2.77. The number of rotatable bonds is 5. The maximum Gasteiger partial charge on any atom is 0.255 e. The average molecular weight is 246 g/mol. The Morgan fingerprint density at radius 3 is 2.83 bits per heavy atom. The van der Waals surface area contributed by atoms with Crippen molar-refractivity contribution in [1.82, 2.24) is 5.32 Å². The van der Waals surface area contributed by atoms with E-state index in [1.54, 1.807) is 12.1 Å². The third-order valence-electron chi connectivity index (χ3n) is 2.77. The number of hydrogen-bond acceptors (Lipinski definition) is 3. The predicted molar refractivity (Wildman–Crippen MR) is 69.5 cm³/mol. The Hall–Kier alpha value is -2.02. The first-order valence-electron chi connectivity index (χ1n) is 5.94. The van der Waals surface area contributed by atoms with Crippen molar-refractivity contribution in [2.24, 2.45) is 0 Å². The largest absolute Gasteiger partial charge is 0.496 e. The molecule has 0 radical (unpaired) electrons. The second kappa shape index (κ2) is 6.65. The summed E-state index contributed by atoms with van der Waals surface area (Å²) in [6.45, 7) is 3.86. The fraction of sp³-hybridized carbons (Fsp3) is 0.429. The molecule has 1 rings (SSSR count). The van der Waals surface area contributed by atoms with Gasteiger partial charge < -0.3 is 10.1 Å². The summed E-state index contributed by atoms with van der Waals surface area (Å²) >= 11 is 0. The molecule has 1 amide bonds. The van der Waals surface area contributed by atoms with Gasteiger partial charge in [0.25, 0.3) is 5.91 Å². The normalized spacial score (nSPS) is 11.4. The van der Waals surface area contributed by atoms with Crippen LogP contribution in [0.3, 0.4) is 0 Å². The monoisotopic (exact) mass is 246 g/mol. The summed E-state index contributed by atoms with van der Waals surface area (Å²) in [6.07, 6.45) is 1.05. The van der Waals surface area contributed by atoms with E-state index in [9.17, 15) is 4.79 Å². The van der Waals surface area contributed by atoms with Gasteiger partial charge in [0, 0.05) is 6.04 Å². The molecule has 0 spiro atoms. The van der Waals surface area contributed by atoms with Crippen LogP contribution in [0.4, 0.5) is 0 Å². The maximum atomic E-state index is 12.1. The van der Waals surface area contributed by atoms with Crippen molar-refractivity contribution in [3.05, 3.63) is 29.3 Å². The van der Waals surface area contributed by atoms with Crippen molar-refractivity contribution in [3.8, 4) is 11.8 Å². The van der Waals surface area contributed by atoms with Crippen LogP contribution in [-0.4, -0.2) is 19.1 Å². The summed E-state index contributed by atoms with van der Waals surface area (Å²) in [5.74, 6) is 0.350. The number of aryl methyl sites for hydroxylation is 1. The van der Waals surface area contributed by atoms with Gasteiger partial charge in [-0.3, -0.25) is 4.79 Å². The van der Waals surface area contributed by atoms with Crippen molar-refractivity contribution in [1.29, 1.82) is 5.26 Å². The third kappa shape index (κ3) is 3.49. The van der Waals surface area contributed by atoms with E-state index < -0.39 is 0 Å². The molecule has 1 N–H and O–H groups in total. The fourth-order valence-electron chi connectivity index (χ4n) is 1.67. The molecule has 0 aliphatic heterocycles. The number of hydrogen-bond donors (Lipinski definition) is 1. The van der Waals surface area contributed by atoms with Gasteiger partial charge in [-0.1, -0.05) is 18.6 Å². The molecule has 0 heterocycles. The van der Waals surface area contributed by atoms with Crippen molar-refractivity contribution < 1.29 is 9.53 Å². The molecule has 0 saturated carbocycles. The van der Waals surface area contributed by atoms with E-state index in [-0.39, 0.29) is 11.9 Å². The van der Waals surface area contributed by atoms with E-state index in [1.807, 2.05) is 19.9 Å². The minimum absolute atomic E-state index is 0.118. The first-order valence-corrected chi connectivity index (χ1v) is 5.94. The molecule has 96 valence electrons. The number of nitrogens with one attached hydrogen (secondary N) is 1. The minimum atomic E-state index is -0.197. The zero-order valence-electron chi connectivity index (χ0n) is 11.0. The molecular weight excluding hydrogens is 228 g/mol. The number of benzene rings is 1. The highest BCUT2D eigenvalue weighted by Gasteiger charge is 2.15. The molecule has 1 atom stereocenters. The van der Waals surface area contributed by atoms with Crippen LogP contribution >= 0.6 is 0 Å². The van der Waals surface area contributed by atoms with Crippen LogP contribution in [0.25, 0.3) is 0 Å². The molecule has 0 aliphatic rings. The van der Waals surface area contributed by atoms with Gasteiger partial charge in [0.2, 0.25) is 0 Å². The average Bonchev–Trinajstić information content (AvgIpc) is 2.38. The Bertz CT molecular complexity index is 463. The highest BCUT2D eigenvalue weighted by atomic mass is 16.5. The Morgan fingerprint density at radius 2 is 2.28 bits per heavy atom. The molecule has 1 unspecified atom stereocenters. The Labute approximate surface area is 108 Å².